The molecule has 0 aliphatic rings. The molecule has 0 amide bonds. The Morgan fingerprint density at radius 2 is 1.00 bits per heavy atom. The zero-order valence-corrected chi connectivity index (χ0v) is 12.2. The fraction of sp³-hybridized carbons (Fsp3) is 0. The van der Waals surface area contributed by atoms with Crippen molar-refractivity contribution < 1.29 is 47.3 Å². The maximum Gasteiger partial charge on any atom is 3.00 e. The third-order valence-electron chi connectivity index (χ3n) is 0. The molecule has 0 radical (unpaired) electrons. The Balaban J connectivity index is 0. The van der Waals surface area contributed by atoms with Crippen molar-refractivity contribution in [3.8, 4) is 0 Å². The van der Waals surface area contributed by atoms with Gasteiger partial charge in [-0.1, -0.05) is 0 Å². The molecule has 0 aromatic carbocycles. The molecule has 0 unspecified atom stereocenters. The van der Waals surface area contributed by atoms with Gasteiger partial charge in [-0.05, 0) is 0 Å². The second-order valence-electron chi connectivity index (χ2n) is 0. The van der Waals surface area contributed by atoms with E-state index in [9.17, 15) is 0 Å². The largest absolute Gasteiger partial charge is 3.00 e. The van der Waals surface area contributed by atoms with E-state index in [0.717, 1.165) is 0 Å². The van der Waals surface area contributed by atoms with Gasteiger partial charge < -0.3 is 5.48 Å². The molecule has 0 saturated heterocycles. The van der Waals surface area contributed by atoms with Crippen LogP contribution in [0, 0.1) is 0 Å². The standard InChI is InChI=1S/Al.Au.In.O.Zn/q3*+3;-2;+2. The average Bonchev–Trinajstić information content (AvgIpc) is 0. The van der Waals surface area contributed by atoms with E-state index in [0.29, 0.717) is 0 Å². The Hall–Kier alpha value is 2.73. The summed E-state index contributed by atoms with van der Waals surface area (Å²) in [6, 6.07) is 0. The molecule has 16 valence electrons. The second kappa shape index (κ2) is 29.7. The van der Waals surface area contributed by atoms with Gasteiger partial charge in [-0.3, -0.25) is 0 Å². The minimum Gasteiger partial charge on any atom is -2.00 e. The maximum absolute atomic E-state index is 0. The Morgan fingerprint density at radius 3 is 1.00 bits per heavy atom. The molecule has 0 bridgehead atoms. The third-order valence-corrected chi connectivity index (χ3v) is 0. The van der Waals surface area contributed by atoms with Crippen molar-refractivity contribution in [3.05, 3.63) is 0 Å². The van der Waals surface area contributed by atoms with Crippen molar-refractivity contribution in [1.82, 2.24) is 0 Å². The van der Waals surface area contributed by atoms with Gasteiger partial charge in [0.1, 0.15) is 0 Å². The summed E-state index contributed by atoms with van der Waals surface area (Å²) in [7, 11) is 0. The van der Waals surface area contributed by atoms with E-state index < -0.39 is 0 Å². The summed E-state index contributed by atoms with van der Waals surface area (Å²) < 4.78 is 0. The Morgan fingerprint density at radius 1 is 1.00 bits per heavy atom. The molecule has 1 nitrogen and oxygen atoms in total. The first-order chi connectivity index (χ1) is 0. The van der Waals surface area contributed by atoms with Crippen molar-refractivity contribution in [2.24, 2.45) is 0 Å². The Labute approximate surface area is 89.1 Å². The Kier molecular flexibility index (Phi) is 279. The van der Waals surface area contributed by atoms with Gasteiger partial charge in [0.25, 0.3) is 0 Å². The molecular formula is AlAuInOZn+9. The fourth-order valence-electron chi connectivity index (χ4n) is 0. The maximum atomic E-state index is 0. The first kappa shape index (κ1) is 47.0. The fourth-order valence-corrected chi connectivity index (χ4v) is 0. The SMILES string of the molecule is [Al+3].[Au+3].[In+3].[O-2].[Zn+2]. The molecule has 0 N–H and O–H groups in total. The van der Waals surface area contributed by atoms with Crippen LogP contribution in [0.2, 0.25) is 0 Å². The van der Waals surface area contributed by atoms with E-state index in [1.165, 1.54) is 0 Å². The van der Waals surface area contributed by atoms with Crippen molar-refractivity contribution in [2.75, 3.05) is 0 Å². The average molecular weight is 420 g/mol. The zero-order chi connectivity index (χ0) is 0. The summed E-state index contributed by atoms with van der Waals surface area (Å²) in [6.45, 7) is 0. The van der Waals surface area contributed by atoms with Gasteiger partial charge >= 0.3 is 85.1 Å². The first-order valence-electron chi connectivity index (χ1n) is 0. The molecule has 0 rings (SSSR count). The van der Waals surface area contributed by atoms with Crippen LogP contribution < -0.4 is 0 Å². The first-order valence-corrected chi connectivity index (χ1v) is 0. The van der Waals surface area contributed by atoms with Crippen LogP contribution in [0.5, 0.6) is 0 Å². The van der Waals surface area contributed by atoms with Gasteiger partial charge in [-0.2, -0.15) is 0 Å². The summed E-state index contributed by atoms with van der Waals surface area (Å²) in [6.07, 6.45) is 0. The Bertz CT molecular complexity index is 11.6. The van der Waals surface area contributed by atoms with E-state index in [4.69, 9.17) is 0 Å². The van der Waals surface area contributed by atoms with Crippen LogP contribution in [-0.4, -0.2) is 43.2 Å². The van der Waals surface area contributed by atoms with E-state index in [1.807, 2.05) is 0 Å². The van der Waals surface area contributed by atoms with Crippen molar-refractivity contribution in [2.45, 2.75) is 0 Å². The number of hydrogen-bond acceptors (Lipinski definition) is 0. The number of rotatable bonds is 0. The summed E-state index contributed by atoms with van der Waals surface area (Å²) in [4.78, 5) is 0. The number of hydrogen-bond donors (Lipinski definition) is 0. The van der Waals surface area contributed by atoms with E-state index in [1.54, 1.807) is 0 Å². The second-order valence-corrected chi connectivity index (χ2v) is 0. The molecule has 0 aromatic rings. The van der Waals surface area contributed by atoms with E-state index in [2.05, 4.69) is 0 Å². The molecule has 5 heavy (non-hydrogen) atoms. The predicted octanol–water partition coefficient (Wildman–Crippen LogP) is -0.885. The van der Waals surface area contributed by atoms with Crippen LogP contribution in [0.15, 0.2) is 0 Å². The molecule has 0 aromatic heterocycles. The molecule has 0 saturated carbocycles. The molecule has 0 fully saturated rings. The van der Waals surface area contributed by atoms with Crippen LogP contribution in [0.4, 0.5) is 0 Å². The summed E-state index contributed by atoms with van der Waals surface area (Å²) in [5.74, 6) is 0. The van der Waals surface area contributed by atoms with E-state index >= 15 is 0 Å². The van der Waals surface area contributed by atoms with Gasteiger partial charge in [-0.15, -0.1) is 0 Å². The smallest absolute Gasteiger partial charge is 2.00 e. The molecule has 0 aliphatic heterocycles. The molecule has 5 heteroatoms. The van der Waals surface area contributed by atoms with Crippen molar-refractivity contribution >= 4 is 43.2 Å². The zero-order valence-electron chi connectivity index (χ0n) is 2.57. The van der Waals surface area contributed by atoms with Gasteiger partial charge in [0.05, 0.1) is 0 Å². The summed E-state index contributed by atoms with van der Waals surface area (Å²) in [5, 5.41) is 0. The minimum absolute atomic E-state index is 0. The van der Waals surface area contributed by atoms with Crippen LogP contribution in [0.25, 0.3) is 0 Å². The summed E-state index contributed by atoms with van der Waals surface area (Å²) in [5.41, 5.74) is 0. The van der Waals surface area contributed by atoms with Gasteiger partial charge in [0.15, 0.2) is 0 Å². The molecule has 0 spiro atoms. The van der Waals surface area contributed by atoms with Crippen molar-refractivity contribution in [3.63, 3.8) is 0 Å². The molecule has 0 heterocycles. The molecule has 0 aliphatic carbocycles. The summed E-state index contributed by atoms with van der Waals surface area (Å²) >= 11 is 0. The predicted molar refractivity (Wildman–Crippen MR) is 12.2 cm³/mol. The van der Waals surface area contributed by atoms with Crippen LogP contribution in [0.1, 0.15) is 0 Å². The van der Waals surface area contributed by atoms with Crippen LogP contribution in [-0.2, 0) is 47.3 Å². The normalized spacial score (nSPS) is 0. The minimum atomic E-state index is 0. The van der Waals surface area contributed by atoms with Crippen LogP contribution >= 0.6 is 0 Å². The monoisotopic (exact) mass is 419 g/mol. The van der Waals surface area contributed by atoms with Crippen LogP contribution in [0.3, 0.4) is 0 Å². The quantitative estimate of drug-likeness (QED) is 0.456. The van der Waals surface area contributed by atoms with Gasteiger partial charge in [-0.25, -0.2) is 0 Å². The third kappa shape index (κ3) is 20.2. The van der Waals surface area contributed by atoms with Gasteiger partial charge in [0.2, 0.25) is 0 Å². The molecular weight excluding hydrogens is 420 g/mol. The molecule has 0 atom stereocenters. The van der Waals surface area contributed by atoms with Gasteiger partial charge in [0, 0.05) is 0 Å². The topological polar surface area (TPSA) is 28.5 Å². The van der Waals surface area contributed by atoms with Crippen molar-refractivity contribution in [1.29, 1.82) is 0 Å². The van der Waals surface area contributed by atoms with E-state index in [-0.39, 0.29) is 90.5 Å².